The number of carbonyl (C=O) groups excluding carboxylic acids is 1. The van der Waals surface area contributed by atoms with Crippen LogP contribution in [-0.4, -0.2) is 40.9 Å². The number of aliphatic carboxylic acids is 1. The van der Waals surface area contributed by atoms with Crippen LogP contribution in [0.5, 0.6) is 0 Å². The van der Waals surface area contributed by atoms with Crippen molar-refractivity contribution >= 4 is 12.0 Å². The third-order valence-electron chi connectivity index (χ3n) is 1.70. The molecule has 0 fully saturated rings. The molecule has 0 rings (SSSR count). The Hall–Kier alpha value is -1.56. The van der Waals surface area contributed by atoms with Crippen LogP contribution in [0.1, 0.15) is 13.3 Å². The van der Waals surface area contributed by atoms with Gasteiger partial charge < -0.3 is 20.8 Å². The van der Waals surface area contributed by atoms with Crippen LogP contribution in [0, 0.1) is 0 Å². The quantitative estimate of drug-likeness (QED) is 0.458. The first-order valence-corrected chi connectivity index (χ1v) is 4.55. The van der Waals surface area contributed by atoms with Crippen LogP contribution < -0.4 is 10.6 Å². The number of aliphatic hydroxyl groups is 1. The number of carboxylic acids is 1. The summed E-state index contributed by atoms with van der Waals surface area (Å²) in [5.74, 6) is -1.29. The van der Waals surface area contributed by atoms with Crippen molar-refractivity contribution in [1.82, 2.24) is 10.6 Å². The molecular weight excluding hydrogens is 200 g/mol. The molecule has 0 aliphatic rings. The molecule has 86 valence electrons. The van der Waals surface area contributed by atoms with E-state index in [1.165, 1.54) is 0 Å². The molecule has 0 saturated heterocycles. The number of urea groups is 1. The van der Waals surface area contributed by atoms with Crippen molar-refractivity contribution < 1.29 is 19.8 Å². The Balaban J connectivity index is 3.63. The standard InChI is InChI=1S/C9H16N2O4/c1-3-6(2)11-9(15)10-5-4-7(12)8(13)14/h3,6-7,12H,1,4-5H2,2H3,(H,13,14)(H2,10,11,15). The zero-order valence-electron chi connectivity index (χ0n) is 8.56. The molecule has 2 amide bonds. The van der Waals surface area contributed by atoms with Gasteiger partial charge in [0.1, 0.15) is 0 Å². The average molecular weight is 216 g/mol. The van der Waals surface area contributed by atoms with Crippen LogP contribution >= 0.6 is 0 Å². The molecule has 0 aliphatic carbocycles. The maximum absolute atomic E-state index is 11.1. The molecule has 2 unspecified atom stereocenters. The molecule has 0 radical (unpaired) electrons. The van der Waals surface area contributed by atoms with E-state index in [1.54, 1.807) is 13.0 Å². The summed E-state index contributed by atoms with van der Waals surface area (Å²) in [5, 5.41) is 22.2. The van der Waals surface area contributed by atoms with Crippen LogP contribution in [0.4, 0.5) is 4.79 Å². The number of carbonyl (C=O) groups is 2. The van der Waals surface area contributed by atoms with Gasteiger partial charge in [-0.05, 0) is 6.92 Å². The smallest absolute Gasteiger partial charge is 0.332 e. The van der Waals surface area contributed by atoms with Gasteiger partial charge in [-0.1, -0.05) is 6.08 Å². The lowest BCUT2D eigenvalue weighted by atomic mass is 10.2. The van der Waals surface area contributed by atoms with Gasteiger partial charge in [-0.3, -0.25) is 0 Å². The van der Waals surface area contributed by atoms with E-state index in [2.05, 4.69) is 17.2 Å². The van der Waals surface area contributed by atoms with Crippen LogP contribution in [0.2, 0.25) is 0 Å². The molecule has 0 bridgehead atoms. The number of hydrogen-bond acceptors (Lipinski definition) is 3. The number of rotatable bonds is 6. The van der Waals surface area contributed by atoms with Crippen LogP contribution in [0.25, 0.3) is 0 Å². The van der Waals surface area contributed by atoms with Crippen molar-refractivity contribution in [3.63, 3.8) is 0 Å². The summed E-state index contributed by atoms with van der Waals surface area (Å²) in [6, 6.07) is -0.575. The van der Waals surface area contributed by atoms with Crippen LogP contribution in [0.3, 0.4) is 0 Å². The van der Waals surface area contributed by atoms with Gasteiger partial charge in [0.25, 0.3) is 0 Å². The third kappa shape index (κ3) is 6.50. The molecule has 4 N–H and O–H groups in total. The SMILES string of the molecule is C=CC(C)NC(=O)NCCC(O)C(=O)O. The van der Waals surface area contributed by atoms with Crippen LogP contribution in [-0.2, 0) is 4.79 Å². The largest absolute Gasteiger partial charge is 0.479 e. The molecule has 0 aromatic heterocycles. The molecule has 15 heavy (non-hydrogen) atoms. The molecular formula is C9H16N2O4. The van der Waals surface area contributed by atoms with E-state index < -0.39 is 18.1 Å². The summed E-state index contributed by atoms with van der Waals surface area (Å²) < 4.78 is 0. The lowest BCUT2D eigenvalue weighted by Gasteiger charge is -2.11. The Morgan fingerprint density at radius 2 is 2.13 bits per heavy atom. The number of hydrogen-bond donors (Lipinski definition) is 4. The lowest BCUT2D eigenvalue weighted by molar-refractivity contribution is -0.146. The summed E-state index contributed by atoms with van der Waals surface area (Å²) in [4.78, 5) is 21.3. The molecule has 0 saturated carbocycles. The zero-order chi connectivity index (χ0) is 11.8. The predicted octanol–water partition coefficient (Wildman–Crippen LogP) is -0.304. The predicted molar refractivity (Wildman–Crippen MR) is 54.5 cm³/mol. The second-order valence-corrected chi connectivity index (χ2v) is 3.07. The minimum atomic E-state index is -1.44. The zero-order valence-corrected chi connectivity index (χ0v) is 8.56. The second-order valence-electron chi connectivity index (χ2n) is 3.07. The van der Waals surface area contributed by atoms with Gasteiger partial charge in [0.2, 0.25) is 0 Å². The molecule has 2 atom stereocenters. The highest BCUT2D eigenvalue weighted by molar-refractivity contribution is 5.74. The third-order valence-corrected chi connectivity index (χ3v) is 1.70. The number of nitrogens with one attached hydrogen (secondary N) is 2. The molecule has 0 spiro atoms. The van der Waals surface area contributed by atoms with E-state index in [-0.39, 0.29) is 19.0 Å². The Labute approximate surface area is 88.0 Å². The first-order chi connectivity index (χ1) is 6.97. The summed E-state index contributed by atoms with van der Waals surface area (Å²) in [6.07, 6.45) is 0.0961. The minimum absolute atomic E-state index is 0.0226. The fourth-order valence-corrected chi connectivity index (χ4v) is 0.763. The van der Waals surface area contributed by atoms with Gasteiger partial charge in [-0.15, -0.1) is 6.58 Å². The summed E-state index contributed by atoms with van der Waals surface area (Å²) in [6.45, 7) is 5.33. The lowest BCUT2D eigenvalue weighted by Crippen LogP contribution is -2.41. The minimum Gasteiger partial charge on any atom is -0.479 e. The Morgan fingerprint density at radius 3 is 2.60 bits per heavy atom. The normalized spacial score (nSPS) is 13.7. The van der Waals surface area contributed by atoms with E-state index in [4.69, 9.17) is 10.2 Å². The monoisotopic (exact) mass is 216 g/mol. The highest BCUT2D eigenvalue weighted by atomic mass is 16.4. The average Bonchev–Trinajstić information content (AvgIpc) is 2.17. The summed E-state index contributed by atoms with van der Waals surface area (Å²) >= 11 is 0. The van der Waals surface area contributed by atoms with Gasteiger partial charge in [-0.2, -0.15) is 0 Å². The van der Waals surface area contributed by atoms with Crippen molar-refractivity contribution in [1.29, 1.82) is 0 Å². The first-order valence-electron chi connectivity index (χ1n) is 4.55. The van der Waals surface area contributed by atoms with Gasteiger partial charge in [0, 0.05) is 19.0 Å². The first kappa shape index (κ1) is 13.4. The van der Waals surface area contributed by atoms with Crippen molar-refractivity contribution in [3.8, 4) is 0 Å². The fourth-order valence-electron chi connectivity index (χ4n) is 0.763. The Morgan fingerprint density at radius 1 is 1.53 bits per heavy atom. The summed E-state index contributed by atoms with van der Waals surface area (Å²) in [7, 11) is 0. The Kier molecular flexibility index (Phi) is 6.12. The van der Waals surface area contributed by atoms with E-state index >= 15 is 0 Å². The van der Waals surface area contributed by atoms with Gasteiger partial charge in [-0.25, -0.2) is 9.59 Å². The Bertz CT molecular complexity index is 242. The van der Waals surface area contributed by atoms with E-state index in [0.29, 0.717) is 0 Å². The van der Waals surface area contributed by atoms with Crippen molar-refractivity contribution in [2.75, 3.05) is 6.54 Å². The van der Waals surface area contributed by atoms with Gasteiger partial charge in [0.05, 0.1) is 0 Å². The summed E-state index contributed by atoms with van der Waals surface area (Å²) in [5.41, 5.74) is 0. The fraction of sp³-hybridized carbons (Fsp3) is 0.556. The van der Waals surface area contributed by atoms with E-state index in [9.17, 15) is 9.59 Å². The maximum Gasteiger partial charge on any atom is 0.332 e. The number of amides is 2. The molecule has 0 heterocycles. The maximum atomic E-state index is 11.1. The highest BCUT2D eigenvalue weighted by Gasteiger charge is 2.12. The second kappa shape index (κ2) is 6.83. The van der Waals surface area contributed by atoms with E-state index in [1.807, 2.05) is 0 Å². The molecule has 0 aromatic carbocycles. The van der Waals surface area contributed by atoms with Crippen molar-refractivity contribution in [2.45, 2.75) is 25.5 Å². The number of carboxylic acid groups (broad SMARTS) is 1. The molecule has 0 aliphatic heterocycles. The van der Waals surface area contributed by atoms with Gasteiger partial charge in [0.15, 0.2) is 6.10 Å². The van der Waals surface area contributed by atoms with Crippen LogP contribution in [0.15, 0.2) is 12.7 Å². The van der Waals surface area contributed by atoms with Gasteiger partial charge >= 0.3 is 12.0 Å². The van der Waals surface area contributed by atoms with Crippen molar-refractivity contribution in [3.05, 3.63) is 12.7 Å². The number of aliphatic hydroxyl groups excluding tert-OH is 1. The molecule has 6 nitrogen and oxygen atoms in total. The van der Waals surface area contributed by atoms with E-state index in [0.717, 1.165) is 0 Å². The molecule has 6 heteroatoms. The highest BCUT2D eigenvalue weighted by Crippen LogP contribution is 1.89. The topological polar surface area (TPSA) is 98.7 Å². The van der Waals surface area contributed by atoms with Crippen molar-refractivity contribution in [2.24, 2.45) is 0 Å². The molecule has 0 aromatic rings.